The van der Waals surface area contributed by atoms with E-state index >= 15 is 0 Å². The van der Waals surface area contributed by atoms with Crippen LogP contribution in [0, 0.1) is 11.3 Å². The quantitative estimate of drug-likeness (QED) is 0.723. The van der Waals surface area contributed by atoms with Gasteiger partial charge >= 0.3 is 5.24 Å². The van der Waals surface area contributed by atoms with Gasteiger partial charge in [0, 0.05) is 5.56 Å². The van der Waals surface area contributed by atoms with Gasteiger partial charge in [-0.1, -0.05) is 30.8 Å². The molecule has 0 fully saturated rings. The Morgan fingerprint density at radius 2 is 1.86 bits per heavy atom. The molecule has 0 aromatic heterocycles. The lowest BCUT2D eigenvalue weighted by Crippen LogP contribution is -2.34. The summed E-state index contributed by atoms with van der Waals surface area (Å²) in [6.45, 7) is 2.39. The number of methoxy groups -OCH3 is 2. The molecule has 0 saturated carbocycles. The van der Waals surface area contributed by atoms with Gasteiger partial charge in [0.15, 0.2) is 11.5 Å². The third kappa shape index (κ3) is 4.12. The number of carbonyl (C=O) groups is 1. The van der Waals surface area contributed by atoms with Gasteiger partial charge in [0.2, 0.25) is 0 Å². The summed E-state index contributed by atoms with van der Waals surface area (Å²) in [7, 11) is 3.19. The smallest absolute Gasteiger partial charge is 0.302 e. The fraction of sp³-hybridized carbons (Fsp3) is 0.286. The summed E-state index contributed by atoms with van der Waals surface area (Å²) in [4.78, 5) is 12.6. The van der Waals surface area contributed by atoms with Crippen LogP contribution in [-0.4, -0.2) is 35.4 Å². The molecule has 1 amide bonds. The van der Waals surface area contributed by atoms with Crippen LogP contribution in [0.3, 0.4) is 0 Å². The van der Waals surface area contributed by atoms with Crippen LogP contribution in [-0.2, 0) is 6.54 Å². The maximum absolute atomic E-state index is 12.6. The first-order chi connectivity index (χ1) is 13.6. The largest absolute Gasteiger partial charge is 0.493 e. The zero-order valence-corrected chi connectivity index (χ0v) is 16.8. The van der Waals surface area contributed by atoms with Crippen molar-refractivity contribution in [2.45, 2.75) is 25.1 Å². The number of amides is 1. The summed E-state index contributed by atoms with van der Waals surface area (Å²) in [5.74, 6) is 1.27. The van der Waals surface area contributed by atoms with Crippen molar-refractivity contribution in [1.29, 1.82) is 5.26 Å². The number of hydrogen-bond donors (Lipinski definition) is 0. The lowest BCUT2D eigenvalue weighted by Gasteiger charge is -2.28. The summed E-state index contributed by atoms with van der Waals surface area (Å²) in [5.41, 5.74) is 3.23. The SMILES string of the molecule is CCC1SC(=O)N(Cc2ccc(C#N)cc2)N=C1c1ccc(OC)c(OC)c1. The van der Waals surface area contributed by atoms with Crippen molar-refractivity contribution in [3.05, 3.63) is 59.2 Å². The molecule has 0 N–H and O–H groups in total. The fourth-order valence-corrected chi connectivity index (χ4v) is 3.88. The summed E-state index contributed by atoms with van der Waals surface area (Å²) >= 11 is 1.28. The van der Waals surface area contributed by atoms with Gasteiger partial charge in [-0.25, -0.2) is 5.01 Å². The summed E-state index contributed by atoms with van der Waals surface area (Å²) in [6.07, 6.45) is 0.786. The number of benzene rings is 2. The molecule has 0 spiro atoms. The summed E-state index contributed by atoms with van der Waals surface area (Å²) < 4.78 is 10.7. The molecule has 0 aliphatic carbocycles. The highest BCUT2D eigenvalue weighted by atomic mass is 32.2. The second kappa shape index (κ2) is 8.81. The van der Waals surface area contributed by atoms with Crippen LogP contribution in [0.15, 0.2) is 47.6 Å². The van der Waals surface area contributed by atoms with Crippen LogP contribution in [0.25, 0.3) is 0 Å². The second-order valence-electron chi connectivity index (χ2n) is 6.20. The predicted octanol–water partition coefficient (Wildman–Crippen LogP) is 4.43. The lowest BCUT2D eigenvalue weighted by molar-refractivity contribution is 0.222. The van der Waals surface area contributed by atoms with Gasteiger partial charge in [0.25, 0.3) is 0 Å². The van der Waals surface area contributed by atoms with Gasteiger partial charge in [-0.05, 0) is 42.3 Å². The van der Waals surface area contributed by atoms with E-state index in [1.54, 1.807) is 26.4 Å². The Bertz CT molecular complexity index is 935. The molecule has 28 heavy (non-hydrogen) atoms. The molecule has 2 aromatic rings. The maximum Gasteiger partial charge on any atom is 0.302 e. The number of carbonyl (C=O) groups excluding carboxylic acids is 1. The van der Waals surface area contributed by atoms with Crippen LogP contribution >= 0.6 is 11.8 Å². The van der Waals surface area contributed by atoms with Crippen molar-refractivity contribution in [3.8, 4) is 17.6 Å². The third-order valence-corrected chi connectivity index (χ3v) is 5.71. The monoisotopic (exact) mass is 395 g/mol. The van der Waals surface area contributed by atoms with Gasteiger partial charge in [-0.15, -0.1) is 0 Å². The molecule has 1 unspecified atom stereocenters. The molecule has 1 aliphatic heterocycles. The molecule has 1 aliphatic rings. The fourth-order valence-electron chi connectivity index (χ4n) is 2.95. The van der Waals surface area contributed by atoms with Crippen molar-refractivity contribution in [1.82, 2.24) is 5.01 Å². The van der Waals surface area contributed by atoms with Crippen LogP contribution in [0.4, 0.5) is 4.79 Å². The minimum atomic E-state index is -0.0829. The van der Waals surface area contributed by atoms with E-state index in [0.717, 1.165) is 23.3 Å². The molecule has 144 valence electrons. The van der Waals surface area contributed by atoms with E-state index in [4.69, 9.17) is 14.7 Å². The molecule has 1 heterocycles. The van der Waals surface area contributed by atoms with Crippen molar-refractivity contribution >= 4 is 22.7 Å². The van der Waals surface area contributed by atoms with E-state index < -0.39 is 0 Å². The second-order valence-corrected chi connectivity index (χ2v) is 7.36. The van der Waals surface area contributed by atoms with Crippen LogP contribution in [0.5, 0.6) is 11.5 Å². The van der Waals surface area contributed by atoms with Crippen molar-refractivity contribution in [2.75, 3.05) is 14.2 Å². The van der Waals surface area contributed by atoms with Gasteiger partial charge in [0.1, 0.15) is 0 Å². The standard InChI is InChI=1S/C21H21N3O3S/c1-4-19-20(16-9-10-17(26-2)18(11-16)27-3)23-24(21(25)28-19)13-15-7-5-14(12-22)6-8-15/h5-11,19H,4,13H2,1-3H3. The minimum Gasteiger partial charge on any atom is -0.493 e. The Hall–Kier alpha value is -2.98. The summed E-state index contributed by atoms with van der Waals surface area (Å²) in [6, 6.07) is 14.9. The molecule has 7 heteroatoms. The number of ether oxygens (including phenoxy) is 2. The van der Waals surface area contributed by atoms with E-state index in [1.165, 1.54) is 16.8 Å². The lowest BCUT2D eigenvalue weighted by atomic mass is 10.0. The van der Waals surface area contributed by atoms with Gasteiger partial charge in [-0.3, -0.25) is 4.79 Å². The Kier molecular flexibility index (Phi) is 6.22. The van der Waals surface area contributed by atoms with Crippen LogP contribution in [0.1, 0.15) is 30.0 Å². The Labute approximate surface area is 168 Å². The third-order valence-electron chi connectivity index (χ3n) is 4.45. The van der Waals surface area contributed by atoms with E-state index in [-0.39, 0.29) is 10.5 Å². The molecule has 1 atom stereocenters. The first kappa shape index (κ1) is 19.8. The normalized spacial score (nSPS) is 16.4. The van der Waals surface area contributed by atoms with Gasteiger partial charge in [-0.2, -0.15) is 10.4 Å². The molecule has 3 rings (SSSR count). The minimum absolute atomic E-state index is 0.0252. The predicted molar refractivity (Wildman–Crippen MR) is 110 cm³/mol. The zero-order valence-electron chi connectivity index (χ0n) is 16.0. The highest BCUT2D eigenvalue weighted by molar-refractivity contribution is 8.14. The highest BCUT2D eigenvalue weighted by Crippen LogP contribution is 2.33. The molecular formula is C21H21N3O3S. The molecule has 0 bridgehead atoms. The molecular weight excluding hydrogens is 374 g/mol. The molecule has 6 nitrogen and oxygen atoms in total. The van der Waals surface area contributed by atoms with Crippen molar-refractivity contribution in [2.24, 2.45) is 5.10 Å². The number of rotatable bonds is 6. The number of hydrogen-bond acceptors (Lipinski definition) is 6. The van der Waals surface area contributed by atoms with Crippen molar-refractivity contribution in [3.63, 3.8) is 0 Å². The van der Waals surface area contributed by atoms with E-state index in [9.17, 15) is 4.79 Å². The zero-order chi connectivity index (χ0) is 20.1. The maximum atomic E-state index is 12.6. The number of hydrazone groups is 1. The first-order valence-corrected chi connectivity index (χ1v) is 9.75. The van der Waals surface area contributed by atoms with E-state index in [0.29, 0.717) is 23.6 Å². The molecule has 0 saturated heterocycles. The molecule has 0 radical (unpaired) electrons. The van der Waals surface area contributed by atoms with E-state index in [1.807, 2.05) is 37.3 Å². The molecule has 2 aromatic carbocycles. The average Bonchev–Trinajstić information content (AvgIpc) is 2.74. The van der Waals surface area contributed by atoms with Crippen LogP contribution < -0.4 is 9.47 Å². The Balaban J connectivity index is 1.94. The first-order valence-electron chi connectivity index (χ1n) is 8.87. The summed E-state index contributed by atoms with van der Waals surface area (Å²) in [5, 5.41) is 15.0. The van der Waals surface area contributed by atoms with Crippen LogP contribution in [0.2, 0.25) is 0 Å². The van der Waals surface area contributed by atoms with Crippen molar-refractivity contribution < 1.29 is 14.3 Å². The number of nitriles is 1. The van der Waals surface area contributed by atoms with Gasteiger partial charge in [0.05, 0.1) is 43.4 Å². The van der Waals surface area contributed by atoms with E-state index in [2.05, 4.69) is 11.2 Å². The Morgan fingerprint density at radius 3 is 2.46 bits per heavy atom. The topological polar surface area (TPSA) is 74.9 Å². The Morgan fingerprint density at radius 1 is 1.14 bits per heavy atom. The number of thioether (sulfide) groups is 1. The number of nitrogens with zero attached hydrogens (tertiary/aromatic N) is 3. The van der Waals surface area contributed by atoms with Gasteiger partial charge < -0.3 is 9.47 Å². The highest BCUT2D eigenvalue weighted by Gasteiger charge is 2.30. The average molecular weight is 395 g/mol.